The minimum Gasteiger partial charge on any atom is -0.375 e. The van der Waals surface area contributed by atoms with Crippen molar-refractivity contribution in [2.45, 2.75) is 26.3 Å². The third kappa shape index (κ3) is 4.07. The molecule has 0 aliphatic carbocycles. The molecule has 2 aromatic heterocycles. The zero-order valence-corrected chi connectivity index (χ0v) is 16.9. The number of hydrogen-bond donors (Lipinski definition) is 3. The average molecular weight is 402 g/mol. The van der Waals surface area contributed by atoms with Gasteiger partial charge in [-0.25, -0.2) is 4.98 Å². The van der Waals surface area contributed by atoms with Crippen molar-refractivity contribution in [3.05, 3.63) is 81.5 Å². The van der Waals surface area contributed by atoms with E-state index in [0.29, 0.717) is 11.8 Å². The molecule has 8 heteroatoms. The van der Waals surface area contributed by atoms with Crippen LogP contribution in [0.2, 0.25) is 0 Å². The van der Waals surface area contributed by atoms with Crippen molar-refractivity contribution in [3.8, 4) is 5.69 Å². The smallest absolute Gasteiger partial charge is 0.253 e. The van der Waals surface area contributed by atoms with Crippen molar-refractivity contribution >= 4 is 28.8 Å². The highest BCUT2D eigenvalue weighted by molar-refractivity contribution is 5.78. The summed E-state index contributed by atoms with van der Waals surface area (Å²) in [4.78, 5) is 32.5. The van der Waals surface area contributed by atoms with E-state index >= 15 is 0 Å². The number of nitrogens with zero attached hydrogens (tertiary/aromatic N) is 3. The first-order valence-electron chi connectivity index (χ1n) is 9.52. The average Bonchev–Trinajstić information content (AvgIpc) is 3.25. The maximum Gasteiger partial charge on any atom is 0.253 e. The first-order valence-corrected chi connectivity index (χ1v) is 9.52. The van der Waals surface area contributed by atoms with E-state index in [-0.39, 0.29) is 16.9 Å². The first-order chi connectivity index (χ1) is 14.3. The van der Waals surface area contributed by atoms with Gasteiger partial charge in [-0.3, -0.25) is 9.59 Å². The Hall–Kier alpha value is -3.94. The Morgan fingerprint density at radius 2 is 1.53 bits per heavy atom. The van der Waals surface area contributed by atoms with E-state index in [2.05, 4.69) is 25.9 Å². The van der Waals surface area contributed by atoms with Gasteiger partial charge >= 0.3 is 0 Å². The number of nitrogens with one attached hydrogen (secondary N) is 3. The van der Waals surface area contributed by atoms with Crippen molar-refractivity contribution in [2.75, 3.05) is 16.0 Å². The number of aromatic nitrogens is 3. The second-order valence-electron chi connectivity index (χ2n) is 7.94. The molecule has 8 nitrogen and oxygen atoms in total. The molecule has 3 N–H and O–H groups in total. The van der Waals surface area contributed by atoms with Gasteiger partial charge in [0.25, 0.3) is 10.9 Å². The summed E-state index contributed by atoms with van der Waals surface area (Å²) in [6.07, 6.45) is 5.53. The van der Waals surface area contributed by atoms with Crippen LogP contribution in [0.3, 0.4) is 0 Å². The van der Waals surface area contributed by atoms with Crippen molar-refractivity contribution in [3.63, 3.8) is 0 Å². The van der Waals surface area contributed by atoms with Crippen molar-refractivity contribution in [2.24, 2.45) is 0 Å². The van der Waals surface area contributed by atoms with E-state index in [9.17, 15) is 9.59 Å². The molecule has 0 unspecified atom stereocenters. The molecule has 30 heavy (non-hydrogen) atoms. The number of hydrogen-bond acceptors (Lipinski definition) is 7. The molecule has 0 aliphatic heterocycles. The molecule has 0 spiro atoms. The number of rotatable bonds is 6. The molecule has 2 heterocycles. The number of anilines is 5. The minimum atomic E-state index is -0.560. The third-order valence-corrected chi connectivity index (χ3v) is 4.35. The summed E-state index contributed by atoms with van der Waals surface area (Å²) in [5, 5.41) is 9.14. The van der Waals surface area contributed by atoms with E-state index in [1.54, 1.807) is 12.3 Å². The molecule has 2 aromatic carbocycles. The number of benzene rings is 1. The van der Waals surface area contributed by atoms with E-state index in [0.717, 1.165) is 11.4 Å². The van der Waals surface area contributed by atoms with Gasteiger partial charge in [0.1, 0.15) is 17.2 Å². The van der Waals surface area contributed by atoms with Gasteiger partial charge in [0.05, 0.1) is 0 Å². The largest absolute Gasteiger partial charge is 0.375 e. The fraction of sp³-hybridized carbons (Fsp3) is 0.182. The van der Waals surface area contributed by atoms with Crippen LogP contribution in [0, 0.1) is 0 Å². The molecule has 0 bridgehead atoms. The summed E-state index contributed by atoms with van der Waals surface area (Å²) in [6.45, 7) is 5.76. The van der Waals surface area contributed by atoms with Crippen molar-refractivity contribution in [1.82, 2.24) is 14.5 Å². The predicted molar refractivity (Wildman–Crippen MR) is 119 cm³/mol. The highest BCUT2D eigenvalue weighted by Crippen LogP contribution is 2.23. The zero-order chi connectivity index (χ0) is 21.3. The third-order valence-electron chi connectivity index (χ3n) is 4.35. The molecule has 0 saturated heterocycles. The molecular weight excluding hydrogens is 380 g/mol. The fourth-order valence-electron chi connectivity index (χ4n) is 2.97. The van der Waals surface area contributed by atoms with Crippen LogP contribution in [0.1, 0.15) is 20.8 Å². The van der Waals surface area contributed by atoms with Crippen molar-refractivity contribution < 1.29 is 0 Å². The van der Waals surface area contributed by atoms with Crippen LogP contribution < -0.4 is 26.8 Å². The Bertz CT molecular complexity index is 1230. The summed E-state index contributed by atoms with van der Waals surface area (Å²) in [5.74, 6) is 0.790. The predicted octanol–water partition coefficient (Wildman–Crippen LogP) is 3.56. The minimum absolute atomic E-state index is 0.218. The Morgan fingerprint density at radius 1 is 0.867 bits per heavy atom. The van der Waals surface area contributed by atoms with E-state index in [1.807, 2.05) is 74.1 Å². The molecule has 0 aliphatic rings. The first kappa shape index (κ1) is 19.4. The lowest BCUT2D eigenvalue weighted by atomic mass is 10.1. The molecule has 0 atom stereocenters. The van der Waals surface area contributed by atoms with Crippen molar-refractivity contribution in [1.29, 1.82) is 0 Å². The topological polar surface area (TPSA) is 101 Å². The molecule has 152 valence electrons. The van der Waals surface area contributed by atoms with Gasteiger partial charge in [0.15, 0.2) is 0 Å². The van der Waals surface area contributed by atoms with Crippen LogP contribution in [0.25, 0.3) is 5.69 Å². The van der Waals surface area contributed by atoms with Crippen LogP contribution in [0.4, 0.5) is 28.8 Å². The SMILES string of the molecule is CC(C)(C)Nc1c(Nc2ccnc(Nc3ccc(-n4cccc4)cc3)n2)c(=O)c1=O. The molecule has 0 amide bonds. The van der Waals surface area contributed by atoms with Crippen LogP contribution in [-0.4, -0.2) is 20.1 Å². The lowest BCUT2D eigenvalue weighted by Crippen LogP contribution is -2.41. The monoisotopic (exact) mass is 402 g/mol. The summed E-state index contributed by atoms with van der Waals surface area (Å²) >= 11 is 0. The van der Waals surface area contributed by atoms with Gasteiger partial charge < -0.3 is 20.5 Å². The Morgan fingerprint density at radius 3 is 2.20 bits per heavy atom. The summed E-state index contributed by atoms with van der Waals surface area (Å²) in [7, 11) is 0. The Balaban J connectivity index is 1.50. The lowest BCUT2D eigenvalue weighted by Gasteiger charge is -2.24. The molecule has 0 saturated carbocycles. The molecule has 4 aromatic rings. The maximum atomic E-state index is 12.0. The van der Waals surface area contributed by atoms with Gasteiger partial charge in [-0.1, -0.05) is 0 Å². The molecule has 4 rings (SSSR count). The van der Waals surface area contributed by atoms with E-state index < -0.39 is 10.9 Å². The summed E-state index contributed by atoms with van der Waals surface area (Å²) < 4.78 is 2.01. The second-order valence-corrected chi connectivity index (χ2v) is 7.94. The van der Waals surface area contributed by atoms with Gasteiger partial charge in [-0.2, -0.15) is 4.98 Å². The van der Waals surface area contributed by atoms with E-state index in [4.69, 9.17) is 0 Å². The Kier molecular flexibility index (Phi) is 4.83. The van der Waals surface area contributed by atoms with Crippen LogP contribution in [0.5, 0.6) is 0 Å². The quantitative estimate of drug-likeness (QED) is 0.424. The molecule has 0 radical (unpaired) electrons. The van der Waals surface area contributed by atoms with Crippen LogP contribution >= 0.6 is 0 Å². The summed E-state index contributed by atoms with van der Waals surface area (Å²) in [6, 6.07) is 13.4. The molecular formula is C22H22N6O2. The zero-order valence-electron chi connectivity index (χ0n) is 16.9. The Labute approximate surface area is 173 Å². The highest BCUT2D eigenvalue weighted by Gasteiger charge is 2.25. The second kappa shape index (κ2) is 7.47. The maximum absolute atomic E-state index is 12.0. The van der Waals surface area contributed by atoms with Crippen LogP contribution in [-0.2, 0) is 0 Å². The normalized spacial score (nSPS) is 11.4. The van der Waals surface area contributed by atoms with Gasteiger partial charge in [-0.15, -0.1) is 0 Å². The van der Waals surface area contributed by atoms with E-state index in [1.165, 1.54) is 0 Å². The van der Waals surface area contributed by atoms with Gasteiger partial charge in [0.2, 0.25) is 5.95 Å². The highest BCUT2D eigenvalue weighted by atomic mass is 16.2. The summed E-state index contributed by atoms with van der Waals surface area (Å²) in [5.41, 5.74) is 0.937. The van der Waals surface area contributed by atoms with Gasteiger partial charge in [0, 0.05) is 35.5 Å². The van der Waals surface area contributed by atoms with Crippen LogP contribution in [0.15, 0.2) is 70.6 Å². The lowest BCUT2D eigenvalue weighted by molar-refractivity contribution is 0.632. The fourth-order valence-corrected chi connectivity index (χ4v) is 2.97. The van der Waals surface area contributed by atoms with Gasteiger partial charge in [-0.05, 0) is 63.2 Å². The molecule has 0 fully saturated rings. The standard InChI is InChI=1S/C22H22N6O2/c1-22(2,3)27-18-17(19(29)20(18)30)25-16-10-11-23-21(26-16)24-14-6-8-15(9-7-14)28-12-4-5-13-28/h4-13,27H,1-3H3,(H2,23,24,25,26).